The highest BCUT2D eigenvalue weighted by Crippen LogP contribution is 2.12. The van der Waals surface area contributed by atoms with Crippen molar-refractivity contribution in [1.82, 2.24) is 15.4 Å². The lowest BCUT2D eigenvalue weighted by Gasteiger charge is -2.16. The summed E-state index contributed by atoms with van der Waals surface area (Å²) in [6.45, 7) is 0.550. The van der Waals surface area contributed by atoms with Crippen LogP contribution in [0.4, 0.5) is 4.79 Å². The number of nitrogens with zero attached hydrogens (tertiary/aromatic N) is 3. The van der Waals surface area contributed by atoms with Gasteiger partial charge in [0.2, 0.25) is 0 Å². The van der Waals surface area contributed by atoms with E-state index in [0.29, 0.717) is 11.5 Å². The maximum atomic E-state index is 11.7. The van der Waals surface area contributed by atoms with Gasteiger partial charge in [0.1, 0.15) is 6.61 Å². The molecule has 0 spiro atoms. The lowest BCUT2D eigenvalue weighted by molar-refractivity contribution is -0.197. The van der Waals surface area contributed by atoms with Gasteiger partial charge in [-0.3, -0.25) is 14.6 Å². The Balaban J connectivity index is 1.57. The first kappa shape index (κ1) is 21.8. The molecule has 156 valence electrons. The number of rotatable bonds is 11. The molecule has 11 heteroatoms. The fourth-order valence-corrected chi connectivity index (χ4v) is 2.45. The summed E-state index contributed by atoms with van der Waals surface area (Å²) in [6, 6.07) is 9.22. The second-order valence-corrected chi connectivity index (χ2v) is 6.17. The van der Waals surface area contributed by atoms with Crippen LogP contribution in [0.2, 0.25) is 0 Å². The van der Waals surface area contributed by atoms with Crippen molar-refractivity contribution in [3.05, 3.63) is 40.8 Å². The molecule has 1 heterocycles. The van der Waals surface area contributed by atoms with Gasteiger partial charge in [-0.25, -0.2) is 9.59 Å². The zero-order chi connectivity index (χ0) is 21.1. The van der Waals surface area contributed by atoms with Crippen LogP contribution >= 0.6 is 0 Å². The number of ether oxygens (including phenoxy) is 1. The van der Waals surface area contributed by atoms with Crippen LogP contribution < -0.4 is 5.32 Å². The maximum Gasteiger partial charge on any atom is 0.407 e. The lowest BCUT2D eigenvalue weighted by Crippen LogP contribution is -2.33. The Morgan fingerprint density at radius 2 is 1.79 bits per heavy atom. The van der Waals surface area contributed by atoms with Gasteiger partial charge in [0.15, 0.2) is 0 Å². The molecule has 0 saturated carbocycles. The van der Waals surface area contributed by atoms with Crippen LogP contribution in [-0.2, 0) is 30.6 Å². The zero-order valence-corrected chi connectivity index (χ0v) is 15.7. The topological polar surface area (TPSA) is 135 Å². The van der Waals surface area contributed by atoms with Crippen LogP contribution in [0.3, 0.4) is 0 Å². The molecule has 0 unspecified atom stereocenters. The minimum Gasteiger partial charge on any atom is -0.445 e. The summed E-state index contributed by atoms with van der Waals surface area (Å²) >= 11 is 0. The number of hydroxylamine groups is 2. The van der Waals surface area contributed by atoms with E-state index in [-0.39, 0.29) is 45.5 Å². The first-order chi connectivity index (χ1) is 14.0. The minimum absolute atomic E-state index is 0.00884. The Morgan fingerprint density at radius 3 is 2.45 bits per heavy atom. The molecular weight excluding hydrogens is 384 g/mol. The lowest BCUT2D eigenvalue weighted by atomic mass is 10.2. The molecule has 0 radical (unpaired) electrons. The molecule has 0 atom stereocenters. The molecule has 1 N–H and O–H groups in total. The molecule has 0 aromatic heterocycles. The smallest absolute Gasteiger partial charge is 0.407 e. The first-order valence-electron chi connectivity index (χ1n) is 9.09. The zero-order valence-electron chi connectivity index (χ0n) is 15.7. The summed E-state index contributed by atoms with van der Waals surface area (Å²) in [5, 5.41) is 6.89. The average molecular weight is 406 g/mol. The highest BCUT2D eigenvalue weighted by Gasteiger charge is 2.32. The molecule has 1 aliphatic heterocycles. The van der Waals surface area contributed by atoms with E-state index in [9.17, 15) is 24.1 Å². The number of amides is 3. The van der Waals surface area contributed by atoms with Gasteiger partial charge in [0.05, 0.1) is 11.7 Å². The molecule has 1 saturated heterocycles. The molecule has 1 fully saturated rings. The normalized spacial score (nSPS) is 13.2. The fourth-order valence-electron chi connectivity index (χ4n) is 2.45. The van der Waals surface area contributed by atoms with E-state index in [1.165, 1.54) is 0 Å². The molecule has 2 rings (SSSR count). The maximum absolute atomic E-state index is 11.7. The van der Waals surface area contributed by atoms with Crippen LogP contribution in [0, 0.1) is 4.91 Å². The Kier molecular flexibility index (Phi) is 8.54. The largest absolute Gasteiger partial charge is 0.445 e. The van der Waals surface area contributed by atoms with Crippen LogP contribution in [0.5, 0.6) is 0 Å². The number of carbonyl (C=O) groups excluding carboxylic acids is 4. The standard InChI is InChI=1S/C18H22N4O7/c23-15-7-8-16(24)22(15)29-17(25)9-12-21(20-27)11-4-10-19-18(26)28-13-14-5-2-1-3-6-14/h1-3,5-6H,4,7-13H2,(H,19,26). The molecular formula is C18H22N4O7. The number of alkyl carbamates (subject to hydrolysis) is 1. The van der Waals surface area contributed by atoms with Gasteiger partial charge in [-0.2, -0.15) is 0 Å². The highest BCUT2D eigenvalue weighted by atomic mass is 16.7. The van der Waals surface area contributed by atoms with E-state index in [2.05, 4.69) is 10.6 Å². The van der Waals surface area contributed by atoms with E-state index in [0.717, 1.165) is 10.6 Å². The summed E-state index contributed by atoms with van der Waals surface area (Å²) in [5.41, 5.74) is 0.864. The number of carbonyl (C=O) groups is 4. The van der Waals surface area contributed by atoms with Crippen LogP contribution in [0.25, 0.3) is 0 Å². The molecule has 1 aliphatic rings. The van der Waals surface area contributed by atoms with Gasteiger partial charge < -0.3 is 14.9 Å². The highest BCUT2D eigenvalue weighted by molar-refractivity contribution is 6.01. The monoisotopic (exact) mass is 406 g/mol. The van der Waals surface area contributed by atoms with Gasteiger partial charge >= 0.3 is 12.1 Å². The predicted molar refractivity (Wildman–Crippen MR) is 98.4 cm³/mol. The Labute approximate surface area is 166 Å². The first-order valence-corrected chi connectivity index (χ1v) is 9.09. The van der Waals surface area contributed by atoms with Gasteiger partial charge in [-0.1, -0.05) is 30.3 Å². The fraction of sp³-hybridized carbons (Fsp3) is 0.444. The molecule has 1 aromatic rings. The van der Waals surface area contributed by atoms with Gasteiger partial charge in [0, 0.05) is 32.5 Å². The van der Waals surface area contributed by atoms with Crippen molar-refractivity contribution in [1.29, 1.82) is 0 Å². The molecule has 0 aliphatic carbocycles. The molecule has 3 amide bonds. The number of nitroso groups, excluding NO2 is 1. The quantitative estimate of drug-likeness (QED) is 0.251. The Morgan fingerprint density at radius 1 is 1.10 bits per heavy atom. The van der Waals surface area contributed by atoms with E-state index >= 15 is 0 Å². The van der Waals surface area contributed by atoms with Gasteiger partial charge in [-0.05, 0) is 12.0 Å². The van der Waals surface area contributed by atoms with E-state index < -0.39 is 23.9 Å². The molecule has 11 nitrogen and oxygen atoms in total. The van der Waals surface area contributed by atoms with Crippen molar-refractivity contribution in [2.24, 2.45) is 5.29 Å². The number of benzene rings is 1. The van der Waals surface area contributed by atoms with E-state index in [1.807, 2.05) is 30.3 Å². The third kappa shape index (κ3) is 7.56. The molecule has 1 aromatic carbocycles. The third-order valence-electron chi connectivity index (χ3n) is 3.96. The summed E-state index contributed by atoms with van der Waals surface area (Å²) in [5.74, 6) is -1.96. The Bertz CT molecular complexity index is 725. The van der Waals surface area contributed by atoms with Crippen molar-refractivity contribution in [3.8, 4) is 0 Å². The second kappa shape index (κ2) is 11.4. The van der Waals surface area contributed by atoms with E-state index in [1.54, 1.807) is 0 Å². The van der Waals surface area contributed by atoms with Crippen molar-refractivity contribution < 1.29 is 28.8 Å². The van der Waals surface area contributed by atoms with Crippen LogP contribution in [0.15, 0.2) is 35.6 Å². The minimum atomic E-state index is -0.815. The van der Waals surface area contributed by atoms with E-state index in [4.69, 9.17) is 9.57 Å². The number of hydrogen-bond donors (Lipinski definition) is 1. The third-order valence-corrected chi connectivity index (χ3v) is 3.96. The summed E-state index contributed by atoms with van der Waals surface area (Å²) in [7, 11) is 0. The van der Waals surface area contributed by atoms with Crippen molar-refractivity contribution >= 4 is 23.9 Å². The summed E-state index contributed by atoms with van der Waals surface area (Å²) < 4.78 is 5.05. The SMILES string of the molecule is O=NN(CCCNC(=O)OCc1ccccc1)CCC(=O)ON1C(=O)CCC1=O. The van der Waals surface area contributed by atoms with Crippen molar-refractivity contribution in [2.45, 2.75) is 32.3 Å². The molecule has 0 bridgehead atoms. The van der Waals surface area contributed by atoms with Gasteiger partial charge in [0.25, 0.3) is 11.8 Å². The summed E-state index contributed by atoms with van der Waals surface area (Å²) in [4.78, 5) is 61.6. The summed E-state index contributed by atoms with van der Waals surface area (Å²) in [6.07, 6.45) is -0.397. The predicted octanol–water partition coefficient (Wildman–Crippen LogP) is 1.28. The number of hydrogen-bond acceptors (Lipinski definition) is 8. The van der Waals surface area contributed by atoms with Crippen molar-refractivity contribution in [2.75, 3.05) is 19.6 Å². The number of imide groups is 1. The number of nitrogens with one attached hydrogen (secondary N) is 1. The van der Waals surface area contributed by atoms with Gasteiger partial charge in [-0.15, -0.1) is 9.97 Å². The van der Waals surface area contributed by atoms with Crippen LogP contribution in [-0.4, -0.2) is 53.6 Å². The molecule has 29 heavy (non-hydrogen) atoms. The van der Waals surface area contributed by atoms with Crippen molar-refractivity contribution in [3.63, 3.8) is 0 Å². The Hall–Kier alpha value is -3.50. The average Bonchev–Trinajstić information content (AvgIpc) is 3.04. The van der Waals surface area contributed by atoms with Crippen LogP contribution in [0.1, 0.15) is 31.2 Å². The second-order valence-electron chi connectivity index (χ2n) is 6.17.